The maximum absolute atomic E-state index is 10.3. The molecule has 0 aromatic carbocycles. The van der Waals surface area contributed by atoms with Gasteiger partial charge in [0, 0.05) is 0 Å². The summed E-state index contributed by atoms with van der Waals surface area (Å²) in [6.45, 7) is 0. The van der Waals surface area contributed by atoms with E-state index in [1.807, 2.05) is 0 Å². The van der Waals surface area contributed by atoms with Gasteiger partial charge in [-0.05, 0) is 24.3 Å². The lowest BCUT2D eigenvalue weighted by atomic mass is 10.2. The van der Waals surface area contributed by atoms with E-state index >= 15 is 0 Å². The number of allylic oxidation sites excluding steroid dienone is 4. The van der Waals surface area contributed by atoms with E-state index in [9.17, 15) is 9.59 Å². The molecule has 1 aliphatic rings. The van der Waals surface area contributed by atoms with Gasteiger partial charge in [0.1, 0.15) is 0 Å². The van der Waals surface area contributed by atoms with Crippen molar-refractivity contribution in [2.45, 2.75) is 0 Å². The van der Waals surface area contributed by atoms with E-state index in [1.165, 1.54) is 24.3 Å². The third kappa shape index (κ3) is 2.66. The quantitative estimate of drug-likeness (QED) is 0.394. The van der Waals surface area contributed by atoms with Gasteiger partial charge in [-0.3, -0.25) is 9.59 Å². The van der Waals surface area contributed by atoms with Crippen LogP contribution in [-0.2, 0) is 9.59 Å². The van der Waals surface area contributed by atoms with Crippen LogP contribution in [0.4, 0.5) is 0 Å². The largest absolute Gasteiger partial charge is 0.290 e. The Morgan fingerprint density at radius 3 is 1.20 bits per heavy atom. The second-order valence-electron chi connectivity index (χ2n) is 1.47. The predicted molar refractivity (Wildman–Crippen MR) is 34.4 cm³/mol. The minimum atomic E-state index is -0.121. The fraction of sp³-hybridized carbons (Fsp3) is 0. The number of nitrogens with one attached hydrogen (secondary N) is 1. The molecule has 0 spiro atoms. The van der Waals surface area contributed by atoms with E-state index < -0.39 is 0 Å². The van der Waals surface area contributed by atoms with Crippen molar-refractivity contribution in [1.29, 1.82) is 5.59 Å². The van der Waals surface area contributed by atoms with Crippen LogP contribution in [0.1, 0.15) is 0 Å². The molecule has 1 rings (SSSR count). The maximum atomic E-state index is 10.3. The van der Waals surface area contributed by atoms with E-state index in [1.54, 1.807) is 0 Å². The SMILES string of the molecule is N=O.O=C1C=CC(=O)C=C1. The van der Waals surface area contributed by atoms with Gasteiger partial charge in [-0.1, -0.05) is 5.59 Å². The summed E-state index contributed by atoms with van der Waals surface area (Å²) in [7, 11) is 0. The normalized spacial score (nSPS) is 14.4. The molecule has 10 heavy (non-hydrogen) atoms. The molecule has 0 aromatic rings. The lowest BCUT2D eigenvalue weighted by Gasteiger charge is -1.87. The number of carbonyl (C=O) groups is 2. The van der Waals surface area contributed by atoms with E-state index in [2.05, 4.69) is 5.59 Å². The molecule has 0 saturated heterocycles. The van der Waals surface area contributed by atoms with E-state index in [4.69, 9.17) is 4.91 Å². The minimum Gasteiger partial charge on any atom is -0.290 e. The Balaban J connectivity index is 0.000000371. The van der Waals surface area contributed by atoms with Crippen molar-refractivity contribution in [3.63, 3.8) is 0 Å². The molecule has 4 heteroatoms. The monoisotopic (exact) mass is 139 g/mol. The molecule has 0 amide bonds. The standard InChI is InChI=1S/C6H4O2.HNO/c7-5-1-2-6(8)4-3-5;1-2/h1-4H;1H. The number of rotatable bonds is 0. The molecule has 0 radical (unpaired) electrons. The molecular weight excluding hydrogens is 134 g/mol. The van der Waals surface area contributed by atoms with Crippen LogP contribution in [0.15, 0.2) is 24.3 Å². The van der Waals surface area contributed by atoms with Crippen LogP contribution in [-0.4, -0.2) is 11.6 Å². The summed E-state index contributed by atoms with van der Waals surface area (Å²) < 4.78 is 0. The molecule has 52 valence electrons. The fourth-order valence-electron chi connectivity index (χ4n) is 0.440. The third-order valence-corrected chi connectivity index (χ3v) is 0.824. The Hall–Kier alpha value is -1.58. The zero-order valence-electron chi connectivity index (χ0n) is 5.03. The molecule has 0 bridgehead atoms. The van der Waals surface area contributed by atoms with E-state index in [-0.39, 0.29) is 11.6 Å². The van der Waals surface area contributed by atoms with Gasteiger partial charge in [-0.2, -0.15) is 4.91 Å². The van der Waals surface area contributed by atoms with Crippen LogP contribution in [0.25, 0.3) is 0 Å². The Kier molecular flexibility index (Phi) is 3.63. The summed E-state index contributed by atoms with van der Waals surface area (Å²) in [6.07, 6.45) is 5.01. The summed E-state index contributed by atoms with van der Waals surface area (Å²) in [5.41, 5.74) is 4.50. The highest BCUT2D eigenvalue weighted by atomic mass is 16.2. The van der Waals surface area contributed by atoms with Gasteiger partial charge < -0.3 is 0 Å². The predicted octanol–water partition coefficient (Wildman–Crippen LogP) is 0.582. The second-order valence-corrected chi connectivity index (χ2v) is 1.47. The molecule has 0 fully saturated rings. The Labute approximate surface area is 57.0 Å². The summed E-state index contributed by atoms with van der Waals surface area (Å²) >= 11 is 0. The fourth-order valence-corrected chi connectivity index (χ4v) is 0.440. The highest BCUT2D eigenvalue weighted by Crippen LogP contribution is 1.90. The van der Waals surface area contributed by atoms with Crippen molar-refractivity contribution in [3.05, 3.63) is 29.2 Å². The van der Waals surface area contributed by atoms with Gasteiger partial charge in [0.15, 0.2) is 11.6 Å². The van der Waals surface area contributed by atoms with Crippen LogP contribution in [0.5, 0.6) is 0 Å². The molecule has 1 aliphatic carbocycles. The number of nitroso groups, excluding NO2 is 1. The molecule has 0 saturated carbocycles. The van der Waals surface area contributed by atoms with Crippen molar-refractivity contribution in [2.75, 3.05) is 0 Å². The Morgan fingerprint density at radius 1 is 0.800 bits per heavy atom. The zero-order chi connectivity index (χ0) is 7.98. The number of hydrogen-bond acceptors (Lipinski definition) is 4. The molecule has 0 unspecified atom stereocenters. The molecule has 4 nitrogen and oxygen atoms in total. The van der Waals surface area contributed by atoms with Crippen molar-refractivity contribution in [3.8, 4) is 0 Å². The highest BCUT2D eigenvalue weighted by Gasteiger charge is 1.97. The van der Waals surface area contributed by atoms with Gasteiger partial charge in [0.25, 0.3) is 0 Å². The summed E-state index contributed by atoms with van der Waals surface area (Å²) in [4.78, 5) is 28.1. The van der Waals surface area contributed by atoms with Crippen LogP contribution < -0.4 is 0 Å². The second kappa shape index (κ2) is 4.31. The number of carbonyl (C=O) groups excluding carboxylic acids is 2. The van der Waals surface area contributed by atoms with Gasteiger partial charge >= 0.3 is 0 Å². The summed E-state index contributed by atoms with van der Waals surface area (Å²) in [5, 5.41) is 0. The average molecular weight is 139 g/mol. The minimum absolute atomic E-state index is 0.121. The van der Waals surface area contributed by atoms with Crippen LogP contribution >= 0.6 is 0 Å². The van der Waals surface area contributed by atoms with Crippen molar-refractivity contribution < 1.29 is 9.59 Å². The third-order valence-electron chi connectivity index (χ3n) is 0.824. The molecule has 1 N–H and O–H groups in total. The summed E-state index contributed by atoms with van der Waals surface area (Å²) in [5.74, 6) is -0.241. The molecule has 0 aromatic heterocycles. The maximum Gasteiger partial charge on any atom is 0.178 e. The summed E-state index contributed by atoms with van der Waals surface area (Å²) in [6, 6.07) is 0. The molecular formula is C6H5NO3. The molecule has 0 aliphatic heterocycles. The van der Waals surface area contributed by atoms with E-state index in [0.29, 0.717) is 0 Å². The van der Waals surface area contributed by atoms with Crippen molar-refractivity contribution in [2.24, 2.45) is 0 Å². The number of hydrogen-bond donors (Lipinski definition) is 1. The molecule has 0 heterocycles. The van der Waals surface area contributed by atoms with E-state index in [0.717, 1.165) is 0 Å². The van der Waals surface area contributed by atoms with Crippen molar-refractivity contribution in [1.82, 2.24) is 0 Å². The zero-order valence-corrected chi connectivity index (χ0v) is 5.03. The first-order chi connectivity index (χ1) is 4.79. The number of ketones is 2. The van der Waals surface area contributed by atoms with Crippen LogP contribution in [0.2, 0.25) is 0 Å². The smallest absolute Gasteiger partial charge is 0.178 e. The van der Waals surface area contributed by atoms with Crippen LogP contribution in [0.3, 0.4) is 0 Å². The lowest BCUT2D eigenvalue weighted by molar-refractivity contribution is -0.113. The lowest BCUT2D eigenvalue weighted by Crippen LogP contribution is -1.97. The first kappa shape index (κ1) is 8.42. The highest BCUT2D eigenvalue weighted by molar-refractivity contribution is 6.14. The van der Waals surface area contributed by atoms with Crippen molar-refractivity contribution >= 4 is 11.6 Å². The Bertz CT molecular complexity index is 167. The molecule has 0 atom stereocenters. The first-order valence-corrected chi connectivity index (χ1v) is 2.43. The Morgan fingerprint density at radius 2 is 1.00 bits per heavy atom. The van der Waals surface area contributed by atoms with Crippen LogP contribution in [0, 0.1) is 10.5 Å². The first-order valence-electron chi connectivity index (χ1n) is 2.43. The van der Waals surface area contributed by atoms with Gasteiger partial charge in [-0.25, -0.2) is 0 Å². The van der Waals surface area contributed by atoms with Gasteiger partial charge in [-0.15, -0.1) is 0 Å². The topological polar surface area (TPSA) is 75.1 Å². The average Bonchev–Trinajstić information content (AvgIpc) is 2.00. The van der Waals surface area contributed by atoms with Gasteiger partial charge in [0.2, 0.25) is 0 Å². The van der Waals surface area contributed by atoms with Gasteiger partial charge in [0.05, 0.1) is 0 Å².